The molecule has 0 aliphatic rings. The first-order valence-electron chi connectivity index (χ1n) is 4.73. The molecule has 0 atom stereocenters. The second-order valence-corrected chi connectivity index (χ2v) is 3.08. The van der Waals surface area contributed by atoms with E-state index in [0.29, 0.717) is 12.1 Å². The average molecular weight is 196 g/mol. The number of nitrogens with one attached hydrogen (secondary N) is 1. The normalized spacial score (nSPS) is 10.8. The summed E-state index contributed by atoms with van der Waals surface area (Å²) >= 11 is 0. The Labute approximate surface area is 83.0 Å². The van der Waals surface area contributed by atoms with Crippen LogP contribution in [0, 0.1) is 0 Å². The molecular weight excluding hydrogens is 180 g/mol. The van der Waals surface area contributed by atoms with Crippen LogP contribution >= 0.6 is 0 Å². The van der Waals surface area contributed by atoms with Crippen LogP contribution in [-0.2, 0) is 6.54 Å². The van der Waals surface area contributed by atoms with Crippen LogP contribution in [0.4, 0.5) is 5.95 Å². The number of hydrogen-bond donors (Lipinski definition) is 2. The predicted molar refractivity (Wildman–Crippen MR) is 55.9 cm³/mol. The second kappa shape index (κ2) is 4.76. The van der Waals surface area contributed by atoms with E-state index in [-0.39, 0.29) is 11.5 Å². The van der Waals surface area contributed by atoms with Crippen molar-refractivity contribution in [3.63, 3.8) is 0 Å². The molecular formula is C9H16N4O. The summed E-state index contributed by atoms with van der Waals surface area (Å²) in [7, 11) is 0. The van der Waals surface area contributed by atoms with Gasteiger partial charge in [0.25, 0.3) is 5.56 Å². The van der Waals surface area contributed by atoms with Crippen molar-refractivity contribution in [1.29, 1.82) is 0 Å². The highest BCUT2D eigenvalue weighted by Gasteiger charge is 2.05. The standard InChI is InChI=1S/C9H16N4O/c1-3-13(4-2)6-7-5-11-9(10)12-8(7)14/h5H,3-4,6H2,1-2H3,(H3,10,11,12,14). The third-order valence-electron chi connectivity index (χ3n) is 2.18. The summed E-state index contributed by atoms with van der Waals surface area (Å²) in [6.07, 6.45) is 1.53. The van der Waals surface area contributed by atoms with Gasteiger partial charge in [0.05, 0.1) is 0 Å². The average Bonchev–Trinajstić information content (AvgIpc) is 2.17. The lowest BCUT2D eigenvalue weighted by atomic mass is 10.3. The molecule has 1 rings (SSSR count). The molecule has 0 unspecified atom stereocenters. The van der Waals surface area contributed by atoms with Gasteiger partial charge in [-0.3, -0.25) is 14.7 Å². The molecule has 14 heavy (non-hydrogen) atoms. The van der Waals surface area contributed by atoms with Crippen molar-refractivity contribution in [3.05, 3.63) is 22.1 Å². The number of H-pyrrole nitrogens is 1. The van der Waals surface area contributed by atoms with E-state index in [0.717, 1.165) is 13.1 Å². The monoisotopic (exact) mass is 196 g/mol. The molecule has 78 valence electrons. The SMILES string of the molecule is CCN(CC)Cc1cnc(N)[nH]c1=O. The van der Waals surface area contributed by atoms with Gasteiger partial charge in [-0.15, -0.1) is 0 Å². The summed E-state index contributed by atoms with van der Waals surface area (Å²) in [5.41, 5.74) is 5.85. The largest absolute Gasteiger partial charge is 0.369 e. The Morgan fingerprint density at radius 2 is 2.14 bits per heavy atom. The van der Waals surface area contributed by atoms with Crippen LogP contribution in [0.15, 0.2) is 11.0 Å². The Morgan fingerprint density at radius 1 is 1.50 bits per heavy atom. The van der Waals surface area contributed by atoms with Crippen molar-refractivity contribution < 1.29 is 0 Å². The number of aromatic amines is 1. The molecule has 1 aromatic heterocycles. The zero-order valence-electron chi connectivity index (χ0n) is 8.58. The van der Waals surface area contributed by atoms with Crippen LogP contribution in [0.1, 0.15) is 19.4 Å². The predicted octanol–water partition coefficient (Wildman–Crippen LogP) is 0.194. The summed E-state index contributed by atoms with van der Waals surface area (Å²) in [6.45, 7) is 6.57. The number of rotatable bonds is 4. The fourth-order valence-electron chi connectivity index (χ4n) is 1.24. The topological polar surface area (TPSA) is 75.0 Å². The van der Waals surface area contributed by atoms with E-state index >= 15 is 0 Å². The fraction of sp³-hybridized carbons (Fsp3) is 0.556. The number of nitrogen functional groups attached to an aromatic ring is 1. The molecule has 0 aromatic carbocycles. The van der Waals surface area contributed by atoms with E-state index in [4.69, 9.17) is 5.73 Å². The van der Waals surface area contributed by atoms with E-state index in [9.17, 15) is 4.79 Å². The van der Waals surface area contributed by atoms with Gasteiger partial charge < -0.3 is 5.73 Å². The first-order chi connectivity index (χ1) is 6.67. The summed E-state index contributed by atoms with van der Waals surface area (Å²) in [4.78, 5) is 19.9. The fourth-order valence-corrected chi connectivity index (χ4v) is 1.24. The molecule has 0 aliphatic carbocycles. The summed E-state index contributed by atoms with van der Waals surface area (Å²) in [5, 5.41) is 0. The molecule has 3 N–H and O–H groups in total. The number of nitrogens with two attached hydrogens (primary N) is 1. The lowest BCUT2D eigenvalue weighted by Gasteiger charge is -2.16. The van der Waals surface area contributed by atoms with Gasteiger partial charge in [-0.1, -0.05) is 13.8 Å². The maximum Gasteiger partial charge on any atom is 0.256 e. The summed E-state index contributed by atoms with van der Waals surface area (Å²) < 4.78 is 0. The minimum Gasteiger partial charge on any atom is -0.369 e. The molecule has 1 heterocycles. The molecule has 0 radical (unpaired) electrons. The minimum absolute atomic E-state index is 0.149. The maximum atomic E-state index is 11.4. The summed E-state index contributed by atoms with van der Waals surface area (Å²) in [5.74, 6) is 0.165. The van der Waals surface area contributed by atoms with E-state index in [1.54, 1.807) is 0 Å². The highest BCUT2D eigenvalue weighted by Crippen LogP contribution is 1.97. The first-order valence-corrected chi connectivity index (χ1v) is 4.73. The Balaban J connectivity index is 2.81. The van der Waals surface area contributed by atoms with Gasteiger partial charge in [0.1, 0.15) is 0 Å². The Kier molecular flexibility index (Phi) is 3.64. The van der Waals surface area contributed by atoms with E-state index in [1.165, 1.54) is 6.20 Å². The minimum atomic E-state index is -0.149. The highest BCUT2D eigenvalue weighted by molar-refractivity contribution is 5.17. The molecule has 0 saturated heterocycles. The van der Waals surface area contributed by atoms with Gasteiger partial charge in [0.2, 0.25) is 0 Å². The Hall–Kier alpha value is -1.36. The van der Waals surface area contributed by atoms with Gasteiger partial charge >= 0.3 is 0 Å². The molecule has 0 bridgehead atoms. The smallest absolute Gasteiger partial charge is 0.256 e. The van der Waals surface area contributed by atoms with Crippen molar-refractivity contribution >= 4 is 5.95 Å². The third kappa shape index (κ3) is 2.56. The zero-order valence-corrected chi connectivity index (χ0v) is 8.58. The van der Waals surface area contributed by atoms with E-state index in [2.05, 4.69) is 28.7 Å². The first kappa shape index (κ1) is 10.7. The van der Waals surface area contributed by atoms with Crippen LogP contribution < -0.4 is 11.3 Å². The van der Waals surface area contributed by atoms with Crippen LogP contribution in [0.2, 0.25) is 0 Å². The molecule has 0 fully saturated rings. The van der Waals surface area contributed by atoms with Crippen molar-refractivity contribution in [1.82, 2.24) is 14.9 Å². The molecule has 0 amide bonds. The second-order valence-electron chi connectivity index (χ2n) is 3.08. The van der Waals surface area contributed by atoms with Crippen molar-refractivity contribution in [3.8, 4) is 0 Å². The van der Waals surface area contributed by atoms with Crippen molar-refractivity contribution in [2.45, 2.75) is 20.4 Å². The van der Waals surface area contributed by atoms with Crippen LogP contribution in [0.25, 0.3) is 0 Å². The van der Waals surface area contributed by atoms with Crippen LogP contribution in [0.3, 0.4) is 0 Å². The Morgan fingerprint density at radius 3 is 2.64 bits per heavy atom. The molecule has 5 heteroatoms. The molecule has 5 nitrogen and oxygen atoms in total. The van der Waals surface area contributed by atoms with Crippen LogP contribution in [-0.4, -0.2) is 28.0 Å². The molecule has 0 aliphatic heterocycles. The molecule has 0 saturated carbocycles. The number of aromatic nitrogens is 2. The van der Waals surface area contributed by atoms with Crippen molar-refractivity contribution in [2.75, 3.05) is 18.8 Å². The number of nitrogens with zero attached hydrogens (tertiary/aromatic N) is 2. The highest BCUT2D eigenvalue weighted by atomic mass is 16.1. The van der Waals surface area contributed by atoms with Gasteiger partial charge in [0, 0.05) is 18.3 Å². The van der Waals surface area contributed by atoms with Gasteiger partial charge in [0.15, 0.2) is 5.95 Å². The lowest BCUT2D eigenvalue weighted by molar-refractivity contribution is 0.294. The van der Waals surface area contributed by atoms with Crippen LogP contribution in [0.5, 0.6) is 0 Å². The lowest BCUT2D eigenvalue weighted by Crippen LogP contribution is -2.27. The Bertz CT molecular complexity index is 343. The quantitative estimate of drug-likeness (QED) is 0.721. The number of anilines is 1. The zero-order chi connectivity index (χ0) is 10.6. The van der Waals surface area contributed by atoms with Gasteiger partial charge in [-0.25, -0.2) is 4.98 Å². The van der Waals surface area contributed by atoms with Gasteiger partial charge in [-0.2, -0.15) is 0 Å². The van der Waals surface area contributed by atoms with Gasteiger partial charge in [-0.05, 0) is 13.1 Å². The van der Waals surface area contributed by atoms with Crippen molar-refractivity contribution in [2.24, 2.45) is 0 Å². The van der Waals surface area contributed by atoms with E-state index < -0.39 is 0 Å². The molecule has 1 aromatic rings. The maximum absolute atomic E-state index is 11.4. The molecule has 0 spiro atoms. The number of hydrogen-bond acceptors (Lipinski definition) is 4. The summed E-state index contributed by atoms with van der Waals surface area (Å²) in [6, 6.07) is 0. The third-order valence-corrected chi connectivity index (χ3v) is 2.18. The van der Waals surface area contributed by atoms with E-state index in [1.807, 2.05) is 0 Å².